The lowest BCUT2D eigenvalue weighted by molar-refractivity contribution is 0.0697. The lowest BCUT2D eigenvalue weighted by Crippen LogP contribution is -2.47. The van der Waals surface area contributed by atoms with Gasteiger partial charge < -0.3 is 10.2 Å². The van der Waals surface area contributed by atoms with Crippen LogP contribution in [0.5, 0.6) is 0 Å². The van der Waals surface area contributed by atoms with E-state index >= 15 is 0 Å². The van der Waals surface area contributed by atoms with Gasteiger partial charge in [-0.05, 0) is 31.5 Å². The summed E-state index contributed by atoms with van der Waals surface area (Å²) in [7, 11) is -2.18. The highest BCUT2D eigenvalue weighted by Crippen LogP contribution is 2.19. The maximum Gasteiger partial charge on any atom is 0.335 e. The van der Waals surface area contributed by atoms with Crippen LogP contribution in [0.3, 0.4) is 0 Å². The maximum absolute atomic E-state index is 12.2. The lowest BCUT2D eigenvalue weighted by Gasteiger charge is -2.32. The highest BCUT2D eigenvalue weighted by molar-refractivity contribution is 7.88. The van der Waals surface area contributed by atoms with Gasteiger partial charge in [0.1, 0.15) is 0 Å². The van der Waals surface area contributed by atoms with E-state index < -0.39 is 21.5 Å². The molecule has 112 valence electrons. The summed E-state index contributed by atoms with van der Waals surface area (Å²) in [4.78, 5) is 10.7. The van der Waals surface area contributed by atoms with Crippen LogP contribution in [0.15, 0.2) is 24.3 Å². The van der Waals surface area contributed by atoms with Gasteiger partial charge in [0.05, 0.1) is 23.5 Å². The van der Waals surface area contributed by atoms with E-state index in [4.69, 9.17) is 5.11 Å². The maximum atomic E-state index is 12.2. The van der Waals surface area contributed by atoms with E-state index in [2.05, 4.69) is 0 Å². The van der Waals surface area contributed by atoms with Crippen LogP contribution >= 0.6 is 0 Å². The van der Waals surface area contributed by atoms with Gasteiger partial charge in [-0.3, -0.25) is 0 Å². The van der Waals surface area contributed by atoms with Crippen molar-refractivity contribution >= 4 is 16.0 Å². The number of sulfonamides is 1. The van der Waals surface area contributed by atoms with E-state index in [1.54, 1.807) is 13.8 Å². The normalized spacial score (nSPS) is 12.7. The third kappa shape index (κ3) is 3.78. The van der Waals surface area contributed by atoms with Crippen molar-refractivity contribution < 1.29 is 23.4 Å². The Morgan fingerprint density at radius 1 is 1.25 bits per heavy atom. The standard InChI is InChI=1S/C13H19NO5S/c1-13(2,9-15)14(3)20(18,19)8-10-4-6-11(7-5-10)12(16)17/h4-7,15H,8-9H2,1-3H3,(H,16,17). The molecule has 0 atom stereocenters. The number of carbonyl (C=O) groups is 1. The van der Waals surface area contributed by atoms with Gasteiger partial charge in [-0.15, -0.1) is 0 Å². The second kappa shape index (κ2) is 5.90. The molecule has 0 radical (unpaired) electrons. The molecule has 0 aliphatic heterocycles. The fourth-order valence-corrected chi connectivity index (χ4v) is 3.15. The Hall–Kier alpha value is -1.44. The largest absolute Gasteiger partial charge is 0.478 e. The molecule has 20 heavy (non-hydrogen) atoms. The minimum absolute atomic E-state index is 0.107. The first kappa shape index (κ1) is 16.6. The molecule has 7 heteroatoms. The van der Waals surface area contributed by atoms with Crippen LogP contribution in [-0.2, 0) is 15.8 Å². The van der Waals surface area contributed by atoms with Gasteiger partial charge in [0.15, 0.2) is 0 Å². The quantitative estimate of drug-likeness (QED) is 0.814. The second-order valence-electron chi connectivity index (χ2n) is 5.20. The molecular weight excluding hydrogens is 282 g/mol. The zero-order valence-corrected chi connectivity index (χ0v) is 12.5. The zero-order valence-electron chi connectivity index (χ0n) is 11.7. The van der Waals surface area contributed by atoms with E-state index in [1.807, 2.05) is 0 Å². The number of hydrogen-bond acceptors (Lipinski definition) is 4. The fraction of sp³-hybridized carbons (Fsp3) is 0.462. The van der Waals surface area contributed by atoms with Gasteiger partial charge in [0, 0.05) is 7.05 Å². The molecule has 0 aliphatic carbocycles. The molecule has 2 N–H and O–H groups in total. The third-order valence-electron chi connectivity index (χ3n) is 3.21. The molecular formula is C13H19NO5S. The van der Waals surface area contributed by atoms with Crippen molar-refractivity contribution in [3.63, 3.8) is 0 Å². The van der Waals surface area contributed by atoms with Crippen LogP contribution in [0, 0.1) is 0 Å². The summed E-state index contributed by atoms with van der Waals surface area (Å²) in [5.41, 5.74) is -0.286. The predicted octanol–water partition coefficient (Wildman–Crippen LogP) is 0.917. The minimum atomic E-state index is -3.59. The molecule has 0 bridgehead atoms. The van der Waals surface area contributed by atoms with E-state index in [1.165, 1.54) is 31.3 Å². The van der Waals surface area contributed by atoms with Crippen LogP contribution in [0.4, 0.5) is 0 Å². The third-order valence-corrected chi connectivity index (χ3v) is 5.23. The van der Waals surface area contributed by atoms with Crippen molar-refractivity contribution in [2.24, 2.45) is 0 Å². The summed E-state index contributed by atoms with van der Waals surface area (Å²) < 4.78 is 25.6. The molecule has 0 unspecified atom stereocenters. The number of aromatic carboxylic acids is 1. The molecule has 1 aromatic rings. The first-order valence-corrected chi connectivity index (χ1v) is 7.61. The van der Waals surface area contributed by atoms with Gasteiger partial charge in [-0.1, -0.05) is 12.1 Å². The van der Waals surface area contributed by atoms with E-state index in [0.717, 1.165) is 4.31 Å². The van der Waals surface area contributed by atoms with Crippen LogP contribution in [0.2, 0.25) is 0 Å². The predicted molar refractivity (Wildman–Crippen MR) is 75.0 cm³/mol. The molecule has 0 amide bonds. The molecule has 0 saturated carbocycles. The Morgan fingerprint density at radius 3 is 2.15 bits per heavy atom. The molecule has 0 heterocycles. The summed E-state index contributed by atoms with van der Waals surface area (Å²) in [5, 5.41) is 18.0. The Labute approximate surface area is 118 Å². The van der Waals surface area contributed by atoms with Gasteiger partial charge in [0.25, 0.3) is 0 Å². The molecule has 1 aromatic carbocycles. The van der Waals surface area contributed by atoms with Crippen LogP contribution in [-0.4, -0.2) is 48.1 Å². The number of benzene rings is 1. The van der Waals surface area contributed by atoms with Gasteiger partial charge in [0.2, 0.25) is 10.0 Å². The number of likely N-dealkylation sites (N-methyl/N-ethyl adjacent to an activating group) is 1. The Morgan fingerprint density at radius 2 is 1.75 bits per heavy atom. The molecule has 0 aliphatic rings. The first-order valence-electron chi connectivity index (χ1n) is 6.00. The minimum Gasteiger partial charge on any atom is -0.478 e. The van der Waals surface area contributed by atoms with Crippen molar-refractivity contribution in [1.82, 2.24) is 4.31 Å². The number of rotatable bonds is 6. The van der Waals surface area contributed by atoms with Crippen LogP contribution in [0.1, 0.15) is 29.8 Å². The highest BCUT2D eigenvalue weighted by Gasteiger charge is 2.32. The number of carboxylic acids is 1. The highest BCUT2D eigenvalue weighted by atomic mass is 32.2. The van der Waals surface area contributed by atoms with Crippen molar-refractivity contribution in [2.45, 2.75) is 25.1 Å². The number of hydrogen-bond donors (Lipinski definition) is 2. The lowest BCUT2D eigenvalue weighted by atomic mass is 10.1. The smallest absolute Gasteiger partial charge is 0.335 e. The topological polar surface area (TPSA) is 94.9 Å². The van der Waals surface area contributed by atoms with Crippen molar-refractivity contribution in [1.29, 1.82) is 0 Å². The average molecular weight is 301 g/mol. The monoisotopic (exact) mass is 301 g/mol. The van der Waals surface area contributed by atoms with Crippen molar-refractivity contribution in [3.05, 3.63) is 35.4 Å². The Bertz CT molecular complexity index is 577. The summed E-state index contributed by atoms with van der Waals surface area (Å²) in [5.74, 6) is -1.30. The SMILES string of the molecule is CN(C(C)(C)CO)S(=O)(=O)Cc1ccc(C(=O)O)cc1. The Balaban J connectivity index is 2.94. The van der Waals surface area contributed by atoms with Crippen molar-refractivity contribution in [3.8, 4) is 0 Å². The van der Waals surface area contributed by atoms with Crippen LogP contribution < -0.4 is 0 Å². The molecule has 0 aromatic heterocycles. The number of carboxylic acid groups (broad SMARTS) is 1. The van der Waals surface area contributed by atoms with E-state index in [9.17, 15) is 18.3 Å². The number of nitrogens with zero attached hydrogens (tertiary/aromatic N) is 1. The van der Waals surface area contributed by atoms with E-state index in [0.29, 0.717) is 5.56 Å². The summed E-state index contributed by atoms with van der Waals surface area (Å²) in [6, 6.07) is 5.68. The molecule has 0 fully saturated rings. The van der Waals surface area contributed by atoms with Gasteiger partial charge in [-0.2, -0.15) is 4.31 Å². The molecule has 0 spiro atoms. The Kier molecular flexibility index (Phi) is 4.90. The summed E-state index contributed by atoms with van der Waals surface area (Å²) >= 11 is 0. The first-order chi connectivity index (χ1) is 9.10. The zero-order chi connectivity index (χ0) is 15.6. The molecule has 6 nitrogen and oxygen atoms in total. The second-order valence-corrected chi connectivity index (χ2v) is 7.20. The van der Waals surface area contributed by atoms with Gasteiger partial charge >= 0.3 is 5.97 Å². The van der Waals surface area contributed by atoms with Crippen molar-refractivity contribution in [2.75, 3.05) is 13.7 Å². The van der Waals surface area contributed by atoms with Crippen LogP contribution in [0.25, 0.3) is 0 Å². The summed E-state index contributed by atoms with van der Waals surface area (Å²) in [6.07, 6.45) is 0. The fourth-order valence-electron chi connectivity index (χ4n) is 1.53. The molecule has 1 rings (SSSR count). The average Bonchev–Trinajstić information content (AvgIpc) is 2.38. The number of aliphatic hydroxyl groups is 1. The molecule has 0 saturated heterocycles. The summed E-state index contributed by atoms with van der Waals surface area (Å²) in [6.45, 7) is 2.96. The van der Waals surface area contributed by atoms with Gasteiger partial charge in [-0.25, -0.2) is 13.2 Å². The van der Waals surface area contributed by atoms with E-state index in [-0.39, 0.29) is 17.9 Å². The number of aliphatic hydroxyl groups excluding tert-OH is 1.